The zero-order chi connectivity index (χ0) is 18.5. The number of carboxylic acid groups (broad SMARTS) is 1. The Morgan fingerprint density at radius 2 is 1.73 bits per heavy atom. The first-order valence-corrected chi connectivity index (χ1v) is 8.54. The molecule has 0 fully saturated rings. The first-order valence-electron chi connectivity index (χ1n) is 8.54. The summed E-state index contributed by atoms with van der Waals surface area (Å²) in [5, 5.41) is 8.74. The molecule has 1 amide bonds. The van der Waals surface area contributed by atoms with Crippen molar-refractivity contribution in [2.24, 2.45) is 0 Å². The Balaban J connectivity index is 1.82. The number of amides is 1. The summed E-state index contributed by atoms with van der Waals surface area (Å²) in [5.74, 6) is -0.175. The predicted molar refractivity (Wildman–Crippen MR) is 99.3 cm³/mol. The van der Waals surface area contributed by atoms with Crippen LogP contribution in [0.15, 0.2) is 54.6 Å². The minimum Gasteiger partial charge on any atom is -0.481 e. The molecule has 0 bridgehead atoms. The number of carboxylic acids is 1. The van der Waals surface area contributed by atoms with Gasteiger partial charge in [-0.3, -0.25) is 14.2 Å². The molecule has 3 rings (SSSR count). The highest BCUT2D eigenvalue weighted by molar-refractivity contribution is 5.79. The van der Waals surface area contributed by atoms with Crippen molar-refractivity contribution in [3.63, 3.8) is 0 Å². The number of fused-ring (bicyclic) bond motifs is 1. The van der Waals surface area contributed by atoms with Crippen LogP contribution in [0, 0.1) is 0 Å². The third kappa shape index (κ3) is 3.91. The molecule has 6 nitrogen and oxygen atoms in total. The van der Waals surface area contributed by atoms with Crippen molar-refractivity contribution in [3.8, 4) is 5.69 Å². The van der Waals surface area contributed by atoms with Gasteiger partial charge in [0.25, 0.3) is 0 Å². The van der Waals surface area contributed by atoms with Gasteiger partial charge in [0.2, 0.25) is 5.91 Å². The van der Waals surface area contributed by atoms with Gasteiger partial charge in [-0.1, -0.05) is 30.3 Å². The fraction of sp³-hybridized carbons (Fsp3) is 0.250. The van der Waals surface area contributed by atoms with E-state index in [4.69, 9.17) is 10.1 Å². The van der Waals surface area contributed by atoms with Gasteiger partial charge in [0.1, 0.15) is 5.82 Å². The van der Waals surface area contributed by atoms with Crippen molar-refractivity contribution < 1.29 is 14.7 Å². The number of imidazole rings is 1. The number of aryl methyl sites for hydroxylation is 1. The van der Waals surface area contributed by atoms with Gasteiger partial charge in [0.05, 0.1) is 17.5 Å². The van der Waals surface area contributed by atoms with E-state index in [1.165, 1.54) is 4.90 Å². The normalized spacial score (nSPS) is 10.8. The molecule has 0 saturated heterocycles. The molecule has 2 aromatic carbocycles. The molecule has 134 valence electrons. The second kappa shape index (κ2) is 7.82. The van der Waals surface area contributed by atoms with E-state index >= 15 is 0 Å². The summed E-state index contributed by atoms with van der Waals surface area (Å²) >= 11 is 0. The summed E-state index contributed by atoms with van der Waals surface area (Å²) in [6.07, 6.45) is 0.719. The quantitative estimate of drug-likeness (QED) is 0.710. The van der Waals surface area contributed by atoms with Crippen LogP contribution in [0.4, 0.5) is 0 Å². The number of aromatic nitrogens is 2. The number of carbonyl (C=O) groups excluding carboxylic acids is 1. The van der Waals surface area contributed by atoms with E-state index in [0.717, 1.165) is 22.5 Å². The van der Waals surface area contributed by atoms with Crippen LogP contribution in [-0.2, 0) is 16.0 Å². The predicted octanol–water partition coefficient (Wildman–Crippen LogP) is 2.89. The average Bonchev–Trinajstić information content (AvgIpc) is 3.03. The van der Waals surface area contributed by atoms with Gasteiger partial charge >= 0.3 is 5.97 Å². The van der Waals surface area contributed by atoms with Crippen LogP contribution in [0.3, 0.4) is 0 Å². The third-order valence-electron chi connectivity index (χ3n) is 4.29. The number of aliphatic carboxylic acids is 1. The Hall–Kier alpha value is -3.15. The lowest BCUT2D eigenvalue weighted by Gasteiger charge is -2.16. The number of benzene rings is 2. The lowest BCUT2D eigenvalue weighted by molar-refractivity contribution is -0.138. The van der Waals surface area contributed by atoms with Crippen LogP contribution in [0.5, 0.6) is 0 Å². The van der Waals surface area contributed by atoms with Crippen LogP contribution in [0.1, 0.15) is 18.7 Å². The smallest absolute Gasteiger partial charge is 0.305 e. The topological polar surface area (TPSA) is 75.4 Å². The van der Waals surface area contributed by atoms with Crippen molar-refractivity contribution in [1.29, 1.82) is 0 Å². The third-order valence-corrected chi connectivity index (χ3v) is 4.29. The summed E-state index contributed by atoms with van der Waals surface area (Å²) in [6, 6.07) is 17.8. The van der Waals surface area contributed by atoms with Crippen LogP contribution in [0.25, 0.3) is 16.7 Å². The number of rotatable bonds is 7. The van der Waals surface area contributed by atoms with Gasteiger partial charge in [0, 0.05) is 32.1 Å². The molecule has 0 unspecified atom stereocenters. The molecule has 0 aliphatic heterocycles. The molecule has 1 aromatic heterocycles. The van der Waals surface area contributed by atoms with Gasteiger partial charge in [-0.25, -0.2) is 4.98 Å². The van der Waals surface area contributed by atoms with Gasteiger partial charge < -0.3 is 10.0 Å². The Morgan fingerprint density at radius 1 is 1.04 bits per heavy atom. The van der Waals surface area contributed by atoms with Crippen molar-refractivity contribution >= 4 is 22.9 Å². The first kappa shape index (κ1) is 17.7. The van der Waals surface area contributed by atoms with Gasteiger partial charge in [-0.05, 0) is 24.3 Å². The fourth-order valence-corrected chi connectivity index (χ4v) is 2.91. The Kier molecular flexibility index (Phi) is 5.31. The minimum absolute atomic E-state index is 0.0508. The number of carbonyl (C=O) groups is 2. The summed E-state index contributed by atoms with van der Waals surface area (Å²) in [7, 11) is 1.63. The highest BCUT2D eigenvalue weighted by atomic mass is 16.4. The molecule has 0 spiro atoms. The molecule has 0 radical (unpaired) electrons. The average molecular weight is 351 g/mol. The summed E-state index contributed by atoms with van der Waals surface area (Å²) in [4.78, 5) is 29.1. The highest BCUT2D eigenvalue weighted by Gasteiger charge is 2.15. The van der Waals surface area contributed by atoms with E-state index in [9.17, 15) is 9.59 Å². The summed E-state index contributed by atoms with van der Waals surface area (Å²) < 4.78 is 2.07. The van der Waals surface area contributed by atoms with E-state index in [2.05, 4.69) is 4.57 Å². The first-order chi connectivity index (χ1) is 12.6. The van der Waals surface area contributed by atoms with E-state index in [-0.39, 0.29) is 25.3 Å². The Morgan fingerprint density at radius 3 is 2.46 bits per heavy atom. The molecule has 6 heteroatoms. The maximum Gasteiger partial charge on any atom is 0.305 e. The summed E-state index contributed by atoms with van der Waals surface area (Å²) in [5.41, 5.74) is 2.89. The SMILES string of the molecule is CN(CCC(=O)O)C(=O)CCc1nc2ccccc2n1-c1ccccc1. The second-order valence-corrected chi connectivity index (χ2v) is 6.15. The fourth-order valence-electron chi connectivity index (χ4n) is 2.91. The minimum atomic E-state index is -0.907. The second-order valence-electron chi connectivity index (χ2n) is 6.15. The molecule has 0 atom stereocenters. The van der Waals surface area contributed by atoms with E-state index < -0.39 is 5.97 Å². The lowest BCUT2D eigenvalue weighted by Crippen LogP contribution is -2.29. The zero-order valence-electron chi connectivity index (χ0n) is 14.6. The van der Waals surface area contributed by atoms with E-state index in [1.807, 2.05) is 54.6 Å². The van der Waals surface area contributed by atoms with E-state index in [0.29, 0.717) is 6.42 Å². The van der Waals surface area contributed by atoms with Crippen LogP contribution in [0.2, 0.25) is 0 Å². The van der Waals surface area contributed by atoms with Crippen molar-refractivity contribution in [3.05, 3.63) is 60.4 Å². The zero-order valence-corrected chi connectivity index (χ0v) is 14.6. The standard InChI is InChI=1S/C20H21N3O3/c1-22(14-13-20(25)26)19(24)12-11-18-21-16-9-5-6-10-17(16)23(18)15-7-3-2-4-8-15/h2-10H,11-14H2,1H3,(H,25,26). The van der Waals surface area contributed by atoms with E-state index in [1.54, 1.807) is 7.05 Å². The maximum absolute atomic E-state index is 12.3. The highest BCUT2D eigenvalue weighted by Crippen LogP contribution is 2.22. The van der Waals surface area contributed by atoms with Crippen LogP contribution < -0.4 is 0 Å². The number of nitrogens with zero attached hydrogens (tertiary/aromatic N) is 3. The van der Waals surface area contributed by atoms with Crippen LogP contribution >= 0.6 is 0 Å². The largest absolute Gasteiger partial charge is 0.481 e. The molecule has 3 aromatic rings. The van der Waals surface area contributed by atoms with Gasteiger partial charge in [-0.15, -0.1) is 0 Å². The monoisotopic (exact) mass is 351 g/mol. The molecule has 1 N–H and O–H groups in total. The number of hydrogen-bond acceptors (Lipinski definition) is 3. The molecular weight excluding hydrogens is 330 g/mol. The Bertz CT molecular complexity index is 918. The lowest BCUT2D eigenvalue weighted by atomic mass is 10.2. The van der Waals surface area contributed by atoms with Crippen molar-refractivity contribution in [2.75, 3.05) is 13.6 Å². The van der Waals surface area contributed by atoms with Gasteiger partial charge in [0.15, 0.2) is 0 Å². The molecule has 1 heterocycles. The summed E-state index contributed by atoms with van der Waals surface area (Å²) in [6.45, 7) is 0.212. The number of hydrogen-bond donors (Lipinski definition) is 1. The van der Waals surface area contributed by atoms with Gasteiger partial charge in [-0.2, -0.15) is 0 Å². The molecule has 26 heavy (non-hydrogen) atoms. The maximum atomic E-state index is 12.3. The Labute approximate surface area is 151 Å². The molecular formula is C20H21N3O3. The molecule has 0 aliphatic rings. The van der Waals surface area contributed by atoms with Crippen molar-refractivity contribution in [1.82, 2.24) is 14.5 Å². The molecule has 0 aliphatic carbocycles. The molecule has 0 saturated carbocycles. The van der Waals surface area contributed by atoms with Crippen molar-refractivity contribution in [2.45, 2.75) is 19.3 Å². The van der Waals surface area contributed by atoms with Crippen LogP contribution in [-0.4, -0.2) is 45.0 Å². The number of para-hydroxylation sites is 3.